The zero-order valence-electron chi connectivity index (χ0n) is 17.5. The second-order valence-corrected chi connectivity index (χ2v) is 7.51. The molecule has 0 N–H and O–H groups in total. The summed E-state index contributed by atoms with van der Waals surface area (Å²) >= 11 is 0. The van der Waals surface area contributed by atoms with Gasteiger partial charge in [-0.3, -0.25) is 9.59 Å². The van der Waals surface area contributed by atoms with Crippen LogP contribution in [0.1, 0.15) is 21.6 Å². The molecule has 7 nitrogen and oxygen atoms in total. The molecule has 3 aromatic rings. The lowest BCUT2D eigenvalue weighted by Gasteiger charge is -2.34. The van der Waals surface area contributed by atoms with E-state index < -0.39 is 0 Å². The molecule has 0 unspecified atom stereocenters. The van der Waals surface area contributed by atoms with E-state index in [0.29, 0.717) is 43.2 Å². The summed E-state index contributed by atoms with van der Waals surface area (Å²) in [5.41, 5.74) is 1.93. The van der Waals surface area contributed by atoms with E-state index in [1.807, 2.05) is 0 Å². The third-order valence-corrected chi connectivity index (χ3v) is 5.28. The number of halogens is 1. The highest BCUT2D eigenvalue weighted by Crippen LogP contribution is 2.17. The Morgan fingerprint density at radius 1 is 0.938 bits per heavy atom. The molecule has 0 bridgehead atoms. The number of ether oxygens (including phenoxy) is 1. The normalized spacial score (nSPS) is 13.7. The topological polar surface area (TPSA) is 75.6 Å². The van der Waals surface area contributed by atoms with Crippen molar-refractivity contribution in [3.05, 3.63) is 89.5 Å². The van der Waals surface area contributed by atoms with Crippen LogP contribution in [0.3, 0.4) is 0 Å². The van der Waals surface area contributed by atoms with Crippen LogP contribution in [0.2, 0.25) is 0 Å². The number of hydrogen-bond acceptors (Lipinski definition) is 5. The lowest BCUT2D eigenvalue weighted by Crippen LogP contribution is -2.51. The fourth-order valence-corrected chi connectivity index (χ4v) is 3.52. The van der Waals surface area contributed by atoms with Crippen molar-refractivity contribution >= 4 is 11.8 Å². The van der Waals surface area contributed by atoms with Crippen LogP contribution in [0.25, 0.3) is 0 Å². The molecule has 2 aromatic carbocycles. The van der Waals surface area contributed by atoms with E-state index >= 15 is 0 Å². The molecule has 0 saturated carbocycles. The van der Waals surface area contributed by atoms with Gasteiger partial charge in [0.05, 0.1) is 12.1 Å². The van der Waals surface area contributed by atoms with Gasteiger partial charge in [0.15, 0.2) is 0 Å². The van der Waals surface area contributed by atoms with Crippen molar-refractivity contribution in [1.82, 2.24) is 20.0 Å². The van der Waals surface area contributed by atoms with Gasteiger partial charge in [-0.25, -0.2) is 4.39 Å². The van der Waals surface area contributed by atoms with Crippen LogP contribution in [0, 0.1) is 5.82 Å². The minimum Gasteiger partial charge on any atom is -0.489 e. The highest BCUT2D eigenvalue weighted by Gasteiger charge is 2.25. The fraction of sp³-hybridized carbons (Fsp3) is 0.250. The van der Waals surface area contributed by atoms with Crippen LogP contribution in [-0.2, 0) is 17.8 Å². The minimum absolute atomic E-state index is 0.0163. The van der Waals surface area contributed by atoms with E-state index in [2.05, 4.69) is 10.2 Å². The van der Waals surface area contributed by atoms with Gasteiger partial charge in [-0.15, -0.1) is 0 Å². The van der Waals surface area contributed by atoms with Crippen molar-refractivity contribution in [3.63, 3.8) is 0 Å². The summed E-state index contributed by atoms with van der Waals surface area (Å²) in [6.45, 7) is 2.17. The highest BCUT2D eigenvalue weighted by atomic mass is 19.1. The maximum absolute atomic E-state index is 13.3. The molecule has 0 spiro atoms. The fourth-order valence-electron chi connectivity index (χ4n) is 3.52. The predicted molar refractivity (Wildman–Crippen MR) is 115 cm³/mol. The van der Waals surface area contributed by atoms with Gasteiger partial charge < -0.3 is 14.5 Å². The second kappa shape index (κ2) is 10.00. The Balaban J connectivity index is 1.27. The molecule has 0 aliphatic carbocycles. The summed E-state index contributed by atoms with van der Waals surface area (Å²) < 4.78 is 18.9. The Kier molecular flexibility index (Phi) is 6.69. The second-order valence-electron chi connectivity index (χ2n) is 7.51. The van der Waals surface area contributed by atoms with Crippen molar-refractivity contribution in [2.45, 2.75) is 13.0 Å². The van der Waals surface area contributed by atoms with Crippen molar-refractivity contribution in [2.75, 3.05) is 26.2 Å². The van der Waals surface area contributed by atoms with Crippen molar-refractivity contribution in [1.29, 1.82) is 0 Å². The average molecular weight is 434 g/mol. The van der Waals surface area contributed by atoms with Gasteiger partial charge in [0.25, 0.3) is 5.91 Å². The standard InChI is InChI=1S/C24H23FN4O3/c25-20-4-1-3-18(15-20)17-32-22-8-6-19(7-9-22)24(31)29-13-11-28(12-14-29)23(30)16-21-5-2-10-26-27-21/h1-10,15H,11-14,16-17H2. The van der Waals surface area contributed by atoms with Crippen molar-refractivity contribution in [2.24, 2.45) is 0 Å². The molecule has 164 valence electrons. The van der Waals surface area contributed by atoms with Gasteiger partial charge in [-0.05, 0) is 54.1 Å². The molecule has 2 amide bonds. The van der Waals surface area contributed by atoms with E-state index in [1.54, 1.807) is 64.5 Å². The molecular formula is C24H23FN4O3. The molecule has 1 saturated heterocycles. The van der Waals surface area contributed by atoms with Crippen molar-refractivity contribution < 1.29 is 18.7 Å². The Morgan fingerprint density at radius 2 is 1.69 bits per heavy atom. The van der Waals surface area contributed by atoms with E-state index in [4.69, 9.17) is 4.74 Å². The predicted octanol–water partition coefficient (Wildman–Crippen LogP) is 2.72. The van der Waals surface area contributed by atoms with Gasteiger partial charge in [0, 0.05) is 37.9 Å². The number of nitrogens with zero attached hydrogens (tertiary/aromatic N) is 4. The molecule has 1 aliphatic rings. The maximum atomic E-state index is 13.3. The molecule has 4 rings (SSSR count). The van der Waals surface area contributed by atoms with Gasteiger partial charge in [-0.1, -0.05) is 12.1 Å². The first-order chi connectivity index (χ1) is 15.6. The zero-order valence-corrected chi connectivity index (χ0v) is 17.5. The van der Waals surface area contributed by atoms with Gasteiger partial charge in [-0.2, -0.15) is 10.2 Å². The van der Waals surface area contributed by atoms with Gasteiger partial charge in [0.2, 0.25) is 5.91 Å². The van der Waals surface area contributed by atoms with Gasteiger partial charge in [0.1, 0.15) is 18.2 Å². The van der Waals surface area contributed by atoms with Crippen molar-refractivity contribution in [3.8, 4) is 5.75 Å². The Bertz CT molecular complexity index is 1070. The summed E-state index contributed by atoms with van der Waals surface area (Å²) in [7, 11) is 0. The average Bonchev–Trinajstić information content (AvgIpc) is 2.83. The highest BCUT2D eigenvalue weighted by molar-refractivity contribution is 5.94. The number of rotatable bonds is 6. The monoisotopic (exact) mass is 434 g/mol. The SMILES string of the molecule is O=C(Cc1cccnn1)N1CCN(C(=O)c2ccc(OCc3cccc(F)c3)cc2)CC1. The van der Waals surface area contributed by atoms with Crippen LogP contribution in [0.5, 0.6) is 5.75 Å². The first kappa shape index (κ1) is 21.4. The molecule has 0 atom stereocenters. The number of hydrogen-bond donors (Lipinski definition) is 0. The number of amides is 2. The number of carbonyl (C=O) groups excluding carboxylic acids is 2. The third-order valence-electron chi connectivity index (χ3n) is 5.28. The lowest BCUT2D eigenvalue weighted by molar-refractivity contribution is -0.132. The first-order valence-corrected chi connectivity index (χ1v) is 10.4. The summed E-state index contributed by atoms with van der Waals surface area (Å²) in [6, 6.07) is 16.7. The summed E-state index contributed by atoms with van der Waals surface area (Å²) in [5.74, 6) is 0.202. The molecule has 1 fully saturated rings. The number of piperazine rings is 1. The van der Waals surface area contributed by atoms with Crippen LogP contribution in [-0.4, -0.2) is 58.0 Å². The molecular weight excluding hydrogens is 411 g/mol. The molecule has 8 heteroatoms. The van der Waals surface area contributed by atoms with Crippen LogP contribution < -0.4 is 4.74 Å². The Labute approximate surface area is 185 Å². The van der Waals surface area contributed by atoms with Crippen LogP contribution in [0.4, 0.5) is 4.39 Å². The van der Waals surface area contributed by atoms with E-state index in [1.165, 1.54) is 12.1 Å². The van der Waals surface area contributed by atoms with E-state index in [0.717, 1.165) is 5.56 Å². The third kappa shape index (κ3) is 5.46. The maximum Gasteiger partial charge on any atom is 0.253 e. The quantitative estimate of drug-likeness (QED) is 0.596. The van der Waals surface area contributed by atoms with E-state index in [-0.39, 0.29) is 30.7 Å². The minimum atomic E-state index is -0.303. The van der Waals surface area contributed by atoms with Crippen LogP contribution >= 0.6 is 0 Å². The van der Waals surface area contributed by atoms with Gasteiger partial charge >= 0.3 is 0 Å². The molecule has 1 aliphatic heterocycles. The zero-order chi connectivity index (χ0) is 22.3. The summed E-state index contributed by atoms with van der Waals surface area (Å²) in [4.78, 5) is 28.8. The number of aromatic nitrogens is 2. The molecule has 1 aromatic heterocycles. The summed E-state index contributed by atoms with van der Waals surface area (Å²) in [5, 5.41) is 7.74. The Morgan fingerprint density at radius 3 is 2.38 bits per heavy atom. The molecule has 2 heterocycles. The number of benzene rings is 2. The largest absolute Gasteiger partial charge is 0.489 e. The molecule has 32 heavy (non-hydrogen) atoms. The first-order valence-electron chi connectivity index (χ1n) is 10.4. The lowest BCUT2D eigenvalue weighted by atomic mass is 10.1. The number of carbonyl (C=O) groups is 2. The summed E-state index contributed by atoms with van der Waals surface area (Å²) in [6.07, 6.45) is 1.78. The Hall–Kier alpha value is -3.81. The van der Waals surface area contributed by atoms with Crippen LogP contribution in [0.15, 0.2) is 66.9 Å². The smallest absolute Gasteiger partial charge is 0.253 e. The molecule has 0 radical (unpaired) electrons. The van der Waals surface area contributed by atoms with E-state index in [9.17, 15) is 14.0 Å².